The highest BCUT2D eigenvalue weighted by Gasteiger charge is 2.16. The first-order valence-corrected chi connectivity index (χ1v) is 6.40. The lowest BCUT2D eigenvalue weighted by molar-refractivity contribution is -0.137. The number of carbonyl (C=O) groups excluding carboxylic acids is 1. The number of carboxylic acids is 1. The Morgan fingerprint density at radius 3 is 2.57 bits per heavy atom. The third-order valence-corrected chi connectivity index (χ3v) is 2.77. The average molecular weight is 301 g/mol. The highest BCUT2D eigenvalue weighted by atomic mass is 19.3. The van der Waals surface area contributed by atoms with Crippen LogP contribution in [0.4, 0.5) is 8.78 Å². The SMILES string of the molecule is CC(=O)NC(CCC(=O)O)Cc1ccccc1OC(F)F. The van der Waals surface area contributed by atoms with Gasteiger partial charge in [-0.05, 0) is 24.5 Å². The number of ether oxygens (including phenoxy) is 1. The van der Waals surface area contributed by atoms with Crippen molar-refractivity contribution < 1.29 is 28.2 Å². The van der Waals surface area contributed by atoms with E-state index in [9.17, 15) is 18.4 Å². The topological polar surface area (TPSA) is 75.6 Å². The molecule has 1 aromatic carbocycles. The summed E-state index contributed by atoms with van der Waals surface area (Å²) in [6, 6.07) is 5.78. The predicted molar refractivity (Wildman–Crippen MR) is 71.3 cm³/mol. The molecule has 0 bridgehead atoms. The van der Waals surface area contributed by atoms with E-state index in [0.29, 0.717) is 5.56 Å². The van der Waals surface area contributed by atoms with Gasteiger partial charge in [-0.2, -0.15) is 8.78 Å². The number of halogens is 2. The summed E-state index contributed by atoms with van der Waals surface area (Å²) >= 11 is 0. The number of hydrogen-bond donors (Lipinski definition) is 2. The van der Waals surface area contributed by atoms with Gasteiger partial charge in [-0.1, -0.05) is 18.2 Å². The standard InChI is InChI=1S/C14H17F2NO4/c1-9(18)17-11(6-7-13(19)20)8-10-4-2-3-5-12(10)21-14(15)16/h2-5,11,14H,6-8H2,1H3,(H,17,18)(H,19,20). The van der Waals surface area contributed by atoms with Gasteiger partial charge in [-0.25, -0.2) is 0 Å². The van der Waals surface area contributed by atoms with Crippen LogP contribution in [0.3, 0.4) is 0 Å². The molecule has 2 N–H and O–H groups in total. The van der Waals surface area contributed by atoms with Crippen molar-refractivity contribution in [3.8, 4) is 5.75 Å². The minimum absolute atomic E-state index is 0.0261. The van der Waals surface area contributed by atoms with Gasteiger partial charge in [0.05, 0.1) is 0 Å². The highest BCUT2D eigenvalue weighted by Crippen LogP contribution is 2.22. The summed E-state index contributed by atoms with van der Waals surface area (Å²) in [6.45, 7) is -1.63. The molecule has 0 saturated carbocycles. The van der Waals surface area contributed by atoms with Gasteiger partial charge in [0.25, 0.3) is 0 Å². The van der Waals surface area contributed by atoms with Crippen LogP contribution in [-0.2, 0) is 16.0 Å². The number of para-hydroxylation sites is 1. The first-order chi connectivity index (χ1) is 9.88. The maximum absolute atomic E-state index is 12.3. The van der Waals surface area contributed by atoms with E-state index in [1.807, 2.05) is 0 Å². The van der Waals surface area contributed by atoms with Crippen molar-refractivity contribution in [3.63, 3.8) is 0 Å². The highest BCUT2D eigenvalue weighted by molar-refractivity contribution is 5.73. The van der Waals surface area contributed by atoms with Gasteiger partial charge in [-0.15, -0.1) is 0 Å². The van der Waals surface area contributed by atoms with Gasteiger partial charge in [-0.3, -0.25) is 9.59 Å². The van der Waals surface area contributed by atoms with E-state index in [4.69, 9.17) is 5.11 Å². The van der Waals surface area contributed by atoms with Gasteiger partial charge in [0, 0.05) is 19.4 Å². The normalized spacial score (nSPS) is 12.0. The second kappa shape index (κ2) is 8.18. The molecule has 7 heteroatoms. The summed E-state index contributed by atoms with van der Waals surface area (Å²) in [5.41, 5.74) is 0.488. The smallest absolute Gasteiger partial charge is 0.387 e. The molecule has 0 radical (unpaired) electrons. The summed E-state index contributed by atoms with van der Waals surface area (Å²) < 4.78 is 29.1. The van der Waals surface area contributed by atoms with Crippen molar-refractivity contribution >= 4 is 11.9 Å². The average Bonchev–Trinajstić information content (AvgIpc) is 2.37. The number of aliphatic carboxylic acids is 1. The fourth-order valence-electron chi connectivity index (χ4n) is 1.96. The monoisotopic (exact) mass is 301 g/mol. The van der Waals surface area contributed by atoms with Gasteiger partial charge < -0.3 is 15.2 Å². The molecule has 0 saturated heterocycles. The number of nitrogens with one attached hydrogen (secondary N) is 1. The molecular formula is C14H17F2NO4. The largest absolute Gasteiger partial charge is 0.481 e. The zero-order chi connectivity index (χ0) is 15.8. The van der Waals surface area contributed by atoms with Crippen molar-refractivity contribution in [3.05, 3.63) is 29.8 Å². The first kappa shape index (κ1) is 16.9. The summed E-state index contributed by atoms with van der Waals surface area (Å²) in [7, 11) is 0. The molecule has 0 aliphatic rings. The van der Waals surface area contributed by atoms with E-state index >= 15 is 0 Å². The first-order valence-electron chi connectivity index (χ1n) is 6.40. The van der Waals surface area contributed by atoms with Crippen LogP contribution in [0.25, 0.3) is 0 Å². The van der Waals surface area contributed by atoms with Crippen molar-refractivity contribution in [1.82, 2.24) is 5.32 Å². The van der Waals surface area contributed by atoms with Gasteiger partial charge >= 0.3 is 12.6 Å². The van der Waals surface area contributed by atoms with E-state index in [0.717, 1.165) is 0 Å². The lowest BCUT2D eigenvalue weighted by Crippen LogP contribution is -2.35. The lowest BCUT2D eigenvalue weighted by Gasteiger charge is -2.19. The third kappa shape index (κ3) is 6.69. The van der Waals surface area contributed by atoms with Crippen LogP contribution in [0.5, 0.6) is 5.75 Å². The third-order valence-electron chi connectivity index (χ3n) is 2.77. The predicted octanol–water partition coefficient (Wildman–Crippen LogP) is 2.20. The number of hydrogen-bond acceptors (Lipinski definition) is 3. The van der Waals surface area contributed by atoms with Gasteiger partial charge in [0.15, 0.2) is 0 Å². The molecule has 116 valence electrons. The van der Waals surface area contributed by atoms with E-state index in [2.05, 4.69) is 10.1 Å². The van der Waals surface area contributed by atoms with Crippen LogP contribution in [0, 0.1) is 0 Å². The Morgan fingerprint density at radius 1 is 1.33 bits per heavy atom. The molecule has 5 nitrogen and oxygen atoms in total. The molecular weight excluding hydrogens is 284 g/mol. The summed E-state index contributed by atoms with van der Waals surface area (Å²) in [4.78, 5) is 21.8. The van der Waals surface area contributed by atoms with Crippen LogP contribution < -0.4 is 10.1 Å². The maximum Gasteiger partial charge on any atom is 0.387 e. The molecule has 1 aromatic rings. The van der Waals surface area contributed by atoms with Crippen LogP contribution in [0.1, 0.15) is 25.3 Å². The molecule has 1 rings (SSSR count). The van der Waals surface area contributed by atoms with Crippen molar-refractivity contribution in [2.45, 2.75) is 38.8 Å². The van der Waals surface area contributed by atoms with Crippen LogP contribution >= 0.6 is 0 Å². The van der Waals surface area contributed by atoms with E-state index in [1.54, 1.807) is 18.2 Å². The second-order valence-corrected chi connectivity index (χ2v) is 4.52. The lowest BCUT2D eigenvalue weighted by atomic mass is 10.0. The number of carbonyl (C=O) groups is 2. The fourth-order valence-corrected chi connectivity index (χ4v) is 1.96. The van der Waals surface area contributed by atoms with Crippen molar-refractivity contribution in [1.29, 1.82) is 0 Å². The van der Waals surface area contributed by atoms with Gasteiger partial charge in [0.2, 0.25) is 5.91 Å². The van der Waals surface area contributed by atoms with E-state index in [-0.39, 0.29) is 30.9 Å². The maximum atomic E-state index is 12.3. The Balaban J connectivity index is 2.81. The quantitative estimate of drug-likeness (QED) is 0.772. The minimum Gasteiger partial charge on any atom is -0.481 e. The number of rotatable bonds is 8. The Hall–Kier alpha value is -2.18. The molecule has 0 aliphatic heterocycles. The molecule has 0 fully saturated rings. The summed E-state index contributed by atoms with van der Waals surface area (Å²) in [5, 5.41) is 11.3. The number of benzene rings is 1. The zero-order valence-corrected chi connectivity index (χ0v) is 11.5. The Morgan fingerprint density at radius 2 is 2.00 bits per heavy atom. The second-order valence-electron chi connectivity index (χ2n) is 4.52. The van der Waals surface area contributed by atoms with E-state index < -0.39 is 18.6 Å². The van der Waals surface area contributed by atoms with E-state index in [1.165, 1.54) is 13.0 Å². The number of carboxylic acid groups (broad SMARTS) is 1. The van der Waals surface area contributed by atoms with Crippen molar-refractivity contribution in [2.24, 2.45) is 0 Å². The molecule has 0 aliphatic carbocycles. The molecule has 0 heterocycles. The Kier molecular flexibility index (Phi) is 6.58. The summed E-state index contributed by atoms with van der Waals surface area (Å²) in [6.07, 6.45) is 0.302. The molecule has 1 atom stereocenters. The Bertz CT molecular complexity index is 494. The van der Waals surface area contributed by atoms with Crippen LogP contribution in [-0.4, -0.2) is 29.6 Å². The molecule has 1 amide bonds. The molecule has 0 aromatic heterocycles. The van der Waals surface area contributed by atoms with Crippen LogP contribution in [0.15, 0.2) is 24.3 Å². The number of alkyl halides is 2. The fraction of sp³-hybridized carbons (Fsp3) is 0.429. The summed E-state index contributed by atoms with van der Waals surface area (Å²) in [5.74, 6) is -1.27. The Labute approximate surface area is 120 Å². The minimum atomic E-state index is -2.94. The zero-order valence-electron chi connectivity index (χ0n) is 11.5. The number of amides is 1. The van der Waals surface area contributed by atoms with Crippen molar-refractivity contribution in [2.75, 3.05) is 0 Å². The van der Waals surface area contributed by atoms with Gasteiger partial charge in [0.1, 0.15) is 5.75 Å². The molecule has 0 spiro atoms. The molecule has 1 unspecified atom stereocenters. The van der Waals surface area contributed by atoms with Crippen LogP contribution in [0.2, 0.25) is 0 Å². The molecule has 21 heavy (non-hydrogen) atoms.